The van der Waals surface area contributed by atoms with Crippen LogP contribution in [0.15, 0.2) is 12.3 Å². The largest absolute Gasteiger partial charge is 0.474 e. The van der Waals surface area contributed by atoms with Gasteiger partial charge in [0, 0.05) is 12.8 Å². The van der Waals surface area contributed by atoms with E-state index in [2.05, 4.69) is 9.72 Å². The maximum atomic E-state index is 11.4. The summed E-state index contributed by atoms with van der Waals surface area (Å²) in [6.07, 6.45) is 1.44. The number of methoxy groups -OCH3 is 1. The SMILES string of the molecule is CCOCCOc1nccc(C(=O)OC)c1N. The van der Waals surface area contributed by atoms with Crippen molar-refractivity contribution < 1.29 is 19.0 Å². The average molecular weight is 240 g/mol. The molecule has 94 valence electrons. The summed E-state index contributed by atoms with van der Waals surface area (Å²) in [5, 5.41) is 0. The highest BCUT2D eigenvalue weighted by Crippen LogP contribution is 2.22. The van der Waals surface area contributed by atoms with Gasteiger partial charge in [-0.05, 0) is 13.0 Å². The Morgan fingerprint density at radius 3 is 2.88 bits per heavy atom. The van der Waals surface area contributed by atoms with E-state index in [0.717, 1.165) is 0 Å². The number of rotatable bonds is 6. The molecular weight excluding hydrogens is 224 g/mol. The summed E-state index contributed by atoms with van der Waals surface area (Å²) in [6, 6.07) is 1.48. The van der Waals surface area contributed by atoms with Gasteiger partial charge in [-0.3, -0.25) is 0 Å². The molecule has 2 N–H and O–H groups in total. The number of nitrogens with two attached hydrogens (primary N) is 1. The van der Waals surface area contributed by atoms with Gasteiger partial charge in [0.2, 0.25) is 5.88 Å². The zero-order valence-corrected chi connectivity index (χ0v) is 9.93. The van der Waals surface area contributed by atoms with E-state index in [4.69, 9.17) is 15.2 Å². The van der Waals surface area contributed by atoms with Gasteiger partial charge < -0.3 is 19.9 Å². The van der Waals surface area contributed by atoms with Gasteiger partial charge in [0.1, 0.15) is 12.3 Å². The molecule has 17 heavy (non-hydrogen) atoms. The molecule has 0 saturated heterocycles. The van der Waals surface area contributed by atoms with Gasteiger partial charge in [-0.15, -0.1) is 0 Å². The van der Waals surface area contributed by atoms with Gasteiger partial charge in [-0.25, -0.2) is 9.78 Å². The molecule has 0 aromatic carbocycles. The van der Waals surface area contributed by atoms with E-state index in [1.165, 1.54) is 19.4 Å². The minimum absolute atomic E-state index is 0.177. The summed E-state index contributed by atoms with van der Waals surface area (Å²) in [4.78, 5) is 15.3. The van der Waals surface area contributed by atoms with Crippen LogP contribution in [0.25, 0.3) is 0 Å². The Balaban J connectivity index is 2.70. The second-order valence-corrected chi connectivity index (χ2v) is 3.11. The average Bonchev–Trinajstić information content (AvgIpc) is 2.35. The Bertz CT molecular complexity index is 382. The highest BCUT2D eigenvalue weighted by Gasteiger charge is 2.14. The fraction of sp³-hybridized carbons (Fsp3) is 0.455. The van der Waals surface area contributed by atoms with Crippen LogP contribution in [0, 0.1) is 0 Å². The Morgan fingerprint density at radius 1 is 1.47 bits per heavy atom. The minimum atomic E-state index is -0.514. The zero-order valence-electron chi connectivity index (χ0n) is 9.93. The fourth-order valence-electron chi connectivity index (χ4n) is 1.20. The lowest BCUT2D eigenvalue weighted by atomic mass is 10.2. The lowest BCUT2D eigenvalue weighted by Crippen LogP contribution is -2.11. The Hall–Kier alpha value is -1.82. The molecule has 0 saturated carbocycles. The van der Waals surface area contributed by atoms with Crippen LogP contribution in [0.5, 0.6) is 5.88 Å². The molecule has 1 heterocycles. The summed E-state index contributed by atoms with van der Waals surface area (Å²) < 4.78 is 15.0. The predicted molar refractivity (Wildman–Crippen MR) is 62.0 cm³/mol. The van der Waals surface area contributed by atoms with Gasteiger partial charge in [-0.2, -0.15) is 0 Å². The number of carbonyl (C=O) groups excluding carboxylic acids is 1. The van der Waals surface area contributed by atoms with E-state index in [9.17, 15) is 4.79 Å². The number of pyridine rings is 1. The molecule has 0 aliphatic heterocycles. The maximum Gasteiger partial charge on any atom is 0.340 e. The Kier molecular flexibility index (Phi) is 5.22. The topological polar surface area (TPSA) is 83.7 Å². The van der Waals surface area contributed by atoms with Crippen molar-refractivity contribution in [2.24, 2.45) is 0 Å². The number of nitrogens with zero attached hydrogens (tertiary/aromatic N) is 1. The van der Waals surface area contributed by atoms with Crippen LogP contribution in [-0.4, -0.2) is 37.9 Å². The molecule has 0 unspecified atom stereocenters. The zero-order chi connectivity index (χ0) is 12.7. The summed E-state index contributed by atoms with van der Waals surface area (Å²) in [5.74, 6) is -0.299. The first-order chi connectivity index (χ1) is 8.20. The number of aromatic nitrogens is 1. The predicted octanol–water partition coefficient (Wildman–Crippen LogP) is 0.866. The summed E-state index contributed by atoms with van der Waals surface area (Å²) >= 11 is 0. The van der Waals surface area contributed by atoms with Crippen LogP contribution in [-0.2, 0) is 9.47 Å². The third-order valence-corrected chi connectivity index (χ3v) is 2.03. The molecule has 0 atom stereocenters. The van der Waals surface area contributed by atoms with Gasteiger partial charge in [0.15, 0.2) is 0 Å². The van der Waals surface area contributed by atoms with Crippen LogP contribution in [0.4, 0.5) is 5.69 Å². The van der Waals surface area contributed by atoms with Crippen molar-refractivity contribution in [3.63, 3.8) is 0 Å². The number of hydrogen-bond acceptors (Lipinski definition) is 6. The van der Waals surface area contributed by atoms with E-state index in [1.54, 1.807) is 0 Å². The fourth-order valence-corrected chi connectivity index (χ4v) is 1.20. The molecule has 0 spiro atoms. The number of carbonyl (C=O) groups is 1. The van der Waals surface area contributed by atoms with Gasteiger partial charge >= 0.3 is 5.97 Å². The van der Waals surface area contributed by atoms with E-state index in [-0.39, 0.29) is 17.1 Å². The minimum Gasteiger partial charge on any atom is -0.474 e. The van der Waals surface area contributed by atoms with Crippen molar-refractivity contribution >= 4 is 11.7 Å². The van der Waals surface area contributed by atoms with Gasteiger partial charge in [0.05, 0.1) is 19.3 Å². The van der Waals surface area contributed by atoms with Crippen LogP contribution >= 0.6 is 0 Å². The monoisotopic (exact) mass is 240 g/mol. The van der Waals surface area contributed by atoms with Crippen molar-refractivity contribution in [3.05, 3.63) is 17.8 Å². The molecule has 0 aliphatic rings. The third kappa shape index (κ3) is 3.60. The maximum absolute atomic E-state index is 11.4. The second-order valence-electron chi connectivity index (χ2n) is 3.11. The van der Waals surface area contributed by atoms with Gasteiger partial charge in [-0.1, -0.05) is 0 Å². The van der Waals surface area contributed by atoms with Crippen LogP contribution < -0.4 is 10.5 Å². The lowest BCUT2D eigenvalue weighted by Gasteiger charge is -2.09. The molecule has 1 aromatic heterocycles. The standard InChI is InChI=1S/C11H16N2O4/c1-3-16-6-7-17-10-9(12)8(4-5-13-10)11(14)15-2/h4-5H,3,6-7,12H2,1-2H3. The molecule has 1 aromatic rings. The first-order valence-corrected chi connectivity index (χ1v) is 5.24. The van der Waals surface area contributed by atoms with E-state index in [0.29, 0.717) is 19.8 Å². The van der Waals surface area contributed by atoms with E-state index < -0.39 is 5.97 Å². The molecule has 0 aliphatic carbocycles. The molecule has 0 fully saturated rings. The summed E-state index contributed by atoms with van der Waals surface area (Å²) in [5.41, 5.74) is 6.17. The highest BCUT2D eigenvalue weighted by atomic mass is 16.5. The van der Waals surface area contributed by atoms with E-state index >= 15 is 0 Å². The van der Waals surface area contributed by atoms with Crippen molar-refractivity contribution in [3.8, 4) is 5.88 Å². The molecular formula is C11H16N2O4. The van der Waals surface area contributed by atoms with Crippen molar-refractivity contribution in [2.75, 3.05) is 32.7 Å². The van der Waals surface area contributed by atoms with Crippen LogP contribution in [0.2, 0.25) is 0 Å². The second kappa shape index (κ2) is 6.70. The molecule has 6 heteroatoms. The number of hydrogen-bond donors (Lipinski definition) is 1. The van der Waals surface area contributed by atoms with Gasteiger partial charge in [0.25, 0.3) is 0 Å². The van der Waals surface area contributed by atoms with Crippen LogP contribution in [0.1, 0.15) is 17.3 Å². The first kappa shape index (κ1) is 13.2. The first-order valence-electron chi connectivity index (χ1n) is 5.24. The van der Waals surface area contributed by atoms with Crippen molar-refractivity contribution in [1.82, 2.24) is 4.98 Å². The summed E-state index contributed by atoms with van der Waals surface area (Å²) in [7, 11) is 1.29. The van der Waals surface area contributed by atoms with Crippen molar-refractivity contribution in [2.45, 2.75) is 6.92 Å². The summed E-state index contributed by atoms with van der Waals surface area (Å²) in [6.45, 7) is 3.29. The van der Waals surface area contributed by atoms with Crippen molar-refractivity contribution in [1.29, 1.82) is 0 Å². The third-order valence-electron chi connectivity index (χ3n) is 2.03. The number of esters is 1. The lowest BCUT2D eigenvalue weighted by molar-refractivity contribution is 0.0601. The molecule has 0 bridgehead atoms. The Morgan fingerprint density at radius 2 is 2.24 bits per heavy atom. The smallest absolute Gasteiger partial charge is 0.340 e. The Labute approximate surface area is 99.7 Å². The molecule has 0 radical (unpaired) electrons. The number of anilines is 1. The van der Waals surface area contributed by atoms with E-state index in [1.807, 2.05) is 6.92 Å². The highest BCUT2D eigenvalue weighted by molar-refractivity contribution is 5.95. The van der Waals surface area contributed by atoms with Crippen LogP contribution in [0.3, 0.4) is 0 Å². The number of ether oxygens (including phenoxy) is 3. The molecule has 0 amide bonds. The quantitative estimate of drug-likeness (QED) is 0.586. The normalized spacial score (nSPS) is 10.0. The molecule has 1 rings (SSSR count). The molecule has 6 nitrogen and oxygen atoms in total. The number of nitrogen functional groups attached to an aromatic ring is 1.